The Balaban J connectivity index is 2.54. The van der Waals surface area contributed by atoms with Crippen LogP contribution in [0.2, 0.25) is 0 Å². The molecule has 1 atom stereocenters. The Morgan fingerprint density at radius 1 is 1.03 bits per heavy atom. The van der Waals surface area contributed by atoms with E-state index < -0.39 is 23.2 Å². The zero-order chi connectivity index (χ0) is 23.7. The number of dihydropyridines is 1. The number of benzene rings is 1. The molecule has 0 spiro atoms. The molecular weight excluding hydrogens is 420 g/mol. The average Bonchev–Trinajstić information content (AvgIpc) is 2.78. The molecule has 1 aromatic carbocycles. The normalized spacial score (nSPS) is 15.7. The summed E-state index contributed by atoms with van der Waals surface area (Å²) < 4.78 is 21.1. The zero-order valence-electron chi connectivity index (χ0n) is 18.6. The van der Waals surface area contributed by atoms with E-state index in [9.17, 15) is 19.7 Å². The predicted molar refractivity (Wildman–Crippen MR) is 114 cm³/mol. The summed E-state index contributed by atoms with van der Waals surface area (Å²) in [5, 5.41) is 14.4. The van der Waals surface area contributed by atoms with Crippen molar-refractivity contribution in [3.8, 4) is 0 Å². The molecular formula is C22H28N2O8. The number of nitro groups is 1. The Kier molecular flexibility index (Phi) is 9.06. The van der Waals surface area contributed by atoms with Crippen LogP contribution in [0.1, 0.15) is 58.4 Å². The summed E-state index contributed by atoms with van der Waals surface area (Å²) in [6.07, 6.45) is -0.175. The summed E-state index contributed by atoms with van der Waals surface area (Å²) in [7, 11) is 0. The van der Waals surface area contributed by atoms with E-state index in [1.165, 1.54) is 18.2 Å². The van der Waals surface area contributed by atoms with E-state index in [1.54, 1.807) is 13.0 Å². The fourth-order valence-corrected chi connectivity index (χ4v) is 3.11. The van der Waals surface area contributed by atoms with Gasteiger partial charge in [-0.3, -0.25) is 10.1 Å². The molecule has 0 bridgehead atoms. The van der Waals surface area contributed by atoms with Gasteiger partial charge in [-0.25, -0.2) is 9.59 Å². The van der Waals surface area contributed by atoms with Crippen LogP contribution in [0.15, 0.2) is 47.2 Å². The molecule has 1 aliphatic heterocycles. The minimum atomic E-state index is -0.925. The van der Waals surface area contributed by atoms with Gasteiger partial charge in [-0.1, -0.05) is 32.9 Å². The molecule has 0 fully saturated rings. The van der Waals surface area contributed by atoms with E-state index in [-0.39, 0.29) is 30.4 Å². The number of non-ortho nitro benzene ring substituents is 1. The number of allylic oxidation sites excluding steroid dienone is 2. The van der Waals surface area contributed by atoms with Crippen LogP contribution in [0.4, 0.5) is 15.3 Å². The number of ether oxygens (including phenoxy) is 4. The molecule has 1 aliphatic rings. The monoisotopic (exact) mass is 448 g/mol. The Morgan fingerprint density at radius 3 is 2.16 bits per heavy atom. The van der Waals surface area contributed by atoms with E-state index in [0.29, 0.717) is 36.2 Å². The van der Waals surface area contributed by atoms with Crippen molar-refractivity contribution in [3.63, 3.8) is 0 Å². The molecule has 0 aliphatic carbocycles. The van der Waals surface area contributed by atoms with Crippen LogP contribution in [0.5, 0.6) is 0 Å². The first-order valence-corrected chi connectivity index (χ1v) is 10.5. The molecule has 0 radical (unpaired) electrons. The van der Waals surface area contributed by atoms with Gasteiger partial charge in [-0.05, 0) is 31.7 Å². The summed E-state index contributed by atoms with van der Waals surface area (Å²) in [6.45, 7) is 7.57. The van der Waals surface area contributed by atoms with E-state index in [4.69, 9.17) is 18.9 Å². The second-order valence-corrected chi connectivity index (χ2v) is 7.00. The van der Waals surface area contributed by atoms with Gasteiger partial charge >= 0.3 is 12.3 Å². The molecule has 32 heavy (non-hydrogen) atoms. The molecule has 174 valence electrons. The molecule has 10 nitrogen and oxygen atoms in total. The van der Waals surface area contributed by atoms with Gasteiger partial charge in [0.1, 0.15) is 17.4 Å². The maximum absolute atomic E-state index is 12.3. The minimum absolute atomic E-state index is 0.113. The summed E-state index contributed by atoms with van der Waals surface area (Å²) >= 11 is 0. The van der Waals surface area contributed by atoms with Gasteiger partial charge in [0, 0.05) is 12.1 Å². The third kappa shape index (κ3) is 6.22. The summed E-state index contributed by atoms with van der Waals surface area (Å²) in [4.78, 5) is 35.3. The first-order chi connectivity index (χ1) is 15.3. The number of carbonyl (C=O) groups excluding carboxylic acids is 2. The Bertz CT molecular complexity index is 922. The smallest absolute Gasteiger partial charge is 0.434 e. The number of nitrogens with one attached hydrogen (secondary N) is 1. The highest BCUT2D eigenvalue weighted by molar-refractivity contribution is 5.65. The number of hydrogen-bond donors (Lipinski definition) is 1. The number of nitrogens with zero attached hydrogens (tertiary/aromatic N) is 1. The molecule has 2 rings (SSSR count). The Hall–Kier alpha value is -3.56. The van der Waals surface area contributed by atoms with E-state index in [0.717, 1.165) is 0 Å². The molecule has 0 saturated carbocycles. The van der Waals surface area contributed by atoms with E-state index in [1.807, 2.05) is 20.8 Å². The lowest BCUT2D eigenvalue weighted by Crippen LogP contribution is -2.30. The lowest BCUT2D eigenvalue weighted by Gasteiger charge is -2.31. The first-order valence-electron chi connectivity index (χ1n) is 10.5. The highest BCUT2D eigenvalue weighted by atomic mass is 16.7. The molecule has 1 unspecified atom stereocenters. The van der Waals surface area contributed by atoms with Crippen LogP contribution in [0.3, 0.4) is 0 Å². The molecule has 0 aromatic heterocycles. The molecule has 10 heteroatoms. The van der Waals surface area contributed by atoms with Crippen molar-refractivity contribution in [2.45, 2.75) is 52.9 Å². The fourth-order valence-electron chi connectivity index (χ4n) is 3.11. The second-order valence-electron chi connectivity index (χ2n) is 7.00. The van der Waals surface area contributed by atoms with Gasteiger partial charge in [-0.15, -0.1) is 0 Å². The van der Waals surface area contributed by atoms with Crippen LogP contribution < -0.4 is 5.32 Å². The third-order valence-corrected chi connectivity index (χ3v) is 4.53. The van der Waals surface area contributed by atoms with Crippen molar-refractivity contribution < 1.29 is 33.5 Å². The van der Waals surface area contributed by atoms with Crippen molar-refractivity contribution in [3.05, 3.63) is 62.9 Å². The quantitative estimate of drug-likeness (QED) is 0.306. The molecule has 0 amide bonds. The largest absolute Gasteiger partial charge is 0.513 e. The van der Waals surface area contributed by atoms with Gasteiger partial charge in [0.2, 0.25) is 0 Å². The number of nitro benzene ring substituents is 1. The van der Waals surface area contributed by atoms with Gasteiger partial charge < -0.3 is 24.3 Å². The summed E-state index contributed by atoms with van der Waals surface area (Å²) in [5.41, 5.74) is 1.29. The Morgan fingerprint density at radius 2 is 1.62 bits per heavy atom. The van der Waals surface area contributed by atoms with E-state index >= 15 is 0 Å². The second kappa shape index (κ2) is 11.7. The summed E-state index contributed by atoms with van der Waals surface area (Å²) in [6, 6.07) is 5.83. The zero-order valence-corrected chi connectivity index (χ0v) is 18.6. The van der Waals surface area contributed by atoms with Gasteiger partial charge in [0.15, 0.2) is 0 Å². The van der Waals surface area contributed by atoms with Crippen LogP contribution in [-0.4, -0.2) is 30.4 Å². The van der Waals surface area contributed by atoms with Crippen molar-refractivity contribution in [1.82, 2.24) is 5.32 Å². The van der Waals surface area contributed by atoms with Gasteiger partial charge in [0.25, 0.3) is 5.69 Å². The molecule has 1 heterocycles. The average molecular weight is 448 g/mol. The van der Waals surface area contributed by atoms with Crippen molar-refractivity contribution in [2.75, 3.05) is 13.2 Å². The van der Waals surface area contributed by atoms with Crippen molar-refractivity contribution in [1.29, 1.82) is 0 Å². The van der Waals surface area contributed by atoms with Gasteiger partial charge in [0.05, 0.1) is 29.5 Å². The number of rotatable bonds is 9. The van der Waals surface area contributed by atoms with Crippen molar-refractivity contribution in [2.24, 2.45) is 0 Å². The van der Waals surface area contributed by atoms with Crippen molar-refractivity contribution >= 4 is 18.0 Å². The Labute approximate surface area is 186 Å². The lowest BCUT2D eigenvalue weighted by atomic mass is 9.89. The topological polar surface area (TPSA) is 126 Å². The van der Waals surface area contributed by atoms with E-state index in [2.05, 4.69) is 5.32 Å². The third-order valence-electron chi connectivity index (χ3n) is 4.53. The summed E-state index contributed by atoms with van der Waals surface area (Å²) in [5.74, 6) is -0.658. The van der Waals surface area contributed by atoms with Crippen LogP contribution >= 0.6 is 0 Å². The fraction of sp³-hybridized carbons (Fsp3) is 0.455. The first kappa shape index (κ1) is 24.7. The van der Waals surface area contributed by atoms with Crippen LogP contribution in [0.25, 0.3) is 0 Å². The van der Waals surface area contributed by atoms with Gasteiger partial charge in [-0.2, -0.15) is 0 Å². The van der Waals surface area contributed by atoms with Crippen LogP contribution in [-0.2, 0) is 18.9 Å². The predicted octanol–water partition coefficient (Wildman–Crippen LogP) is 5.26. The highest BCUT2D eigenvalue weighted by Crippen LogP contribution is 2.41. The maximum Gasteiger partial charge on any atom is 0.513 e. The minimum Gasteiger partial charge on any atom is -0.434 e. The highest BCUT2D eigenvalue weighted by Gasteiger charge is 2.36. The maximum atomic E-state index is 12.3. The number of carbonyl (C=O) groups is 2. The SMILES string of the molecule is CCCOC(=O)OC1=C(C)NC(CC)=C(OC(=O)OCCC)C1c1cccc([N+](=O)[O-])c1. The molecule has 0 saturated heterocycles. The number of hydrogen-bond acceptors (Lipinski definition) is 9. The lowest BCUT2D eigenvalue weighted by molar-refractivity contribution is -0.384. The molecule has 1 aromatic rings. The van der Waals surface area contributed by atoms with Crippen LogP contribution in [0, 0.1) is 10.1 Å². The standard InChI is InChI=1S/C22H28N2O8/c1-5-11-29-21(25)31-19-14(4)23-17(7-3)20(32-22(26)30-12-6-2)18(19)15-9-8-10-16(13-15)24(27)28/h8-10,13,18,23H,5-7,11-12H2,1-4H3. The molecule has 1 N–H and O–H groups in total.